The largest absolute Gasteiger partial charge is 0.298 e. The average molecular weight is 343 g/mol. The minimum Gasteiger partial charge on any atom is -0.298 e. The number of piperidine rings is 1. The van der Waals surface area contributed by atoms with Gasteiger partial charge in [0, 0.05) is 12.5 Å². The van der Waals surface area contributed by atoms with Crippen LogP contribution >= 0.6 is 0 Å². The van der Waals surface area contributed by atoms with Gasteiger partial charge in [-0.25, -0.2) is 8.42 Å². The molecule has 0 amide bonds. The van der Waals surface area contributed by atoms with Crippen molar-refractivity contribution in [1.82, 2.24) is 4.31 Å². The standard InChI is InChI=1S/C19H21NO3S/c1-15-7-9-18(10-8-15)24(22,23)20-12-11-17(19(21)14-20)13-16-5-3-2-4-6-16/h2-10,17H,11-14H2,1H3. The van der Waals surface area contributed by atoms with E-state index in [9.17, 15) is 13.2 Å². The van der Waals surface area contributed by atoms with Crippen molar-refractivity contribution in [2.45, 2.75) is 24.7 Å². The Kier molecular flexibility index (Phi) is 4.83. The molecule has 0 saturated carbocycles. The minimum absolute atomic E-state index is 0.000731. The third-order valence-electron chi connectivity index (χ3n) is 4.50. The number of carbonyl (C=O) groups is 1. The van der Waals surface area contributed by atoms with Gasteiger partial charge < -0.3 is 0 Å². The first kappa shape index (κ1) is 16.9. The van der Waals surface area contributed by atoms with E-state index in [0.717, 1.165) is 11.1 Å². The molecular weight excluding hydrogens is 322 g/mol. The van der Waals surface area contributed by atoms with Crippen LogP contribution in [0.1, 0.15) is 17.5 Å². The maximum Gasteiger partial charge on any atom is 0.243 e. The molecule has 2 aromatic rings. The molecule has 1 aliphatic rings. The predicted octanol–water partition coefficient (Wildman–Crippen LogP) is 2.82. The Bertz CT molecular complexity index is 813. The molecule has 4 nitrogen and oxygen atoms in total. The second kappa shape index (κ2) is 6.87. The number of ketones is 1. The minimum atomic E-state index is -3.60. The highest BCUT2D eigenvalue weighted by Crippen LogP contribution is 2.24. The molecule has 24 heavy (non-hydrogen) atoms. The van der Waals surface area contributed by atoms with E-state index >= 15 is 0 Å². The zero-order valence-electron chi connectivity index (χ0n) is 13.7. The van der Waals surface area contributed by atoms with E-state index in [4.69, 9.17) is 0 Å². The van der Waals surface area contributed by atoms with E-state index in [2.05, 4.69) is 0 Å². The van der Waals surface area contributed by atoms with Crippen molar-refractivity contribution in [3.8, 4) is 0 Å². The van der Waals surface area contributed by atoms with Gasteiger partial charge >= 0.3 is 0 Å². The monoisotopic (exact) mass is 343 g/mol. The first-order valence-corrected chi connectivity index (χ1v) is 9.54. The van der Waals surface area contributed by atoms with Gasteiger partial charge in [-0.3, -0.25) is 4.79 Å². The van der Waals surface area contributed by atoms with Crippen LogP contribution in [0.2, 0.25) is 0 Å². The highest BCUT2D eigenvalue weighted by atomic mass is 32.2. The lowest BCUT2D eigenvalue weighted by Gasteiger charge is -2.30. The van der Waals surface area contributed by atoms with Gasteiger partial charge in [-0.1, -0.05) is 48.0 Å². The summed E-state index contributed by atoms with van der Waals surface area (Å²) in [7, 11) is -3.60. The highest BCUT2D eigenvalue weighted by Gasteiger charge is 2.34. The van der Waals surface area contributed by atoms with Gasteiger partial charge in [0.05, 0.1) is 11.4 Å². The first-order chi connectivity index (χ1) is 11.5. The zero-order valence-corrected chi connectivity index (χ0v) is 14.5. The molecule has 1 fully saturated rings. The Morgan fingerprint density at radius 3 is 2.33 bits per heavy atom. The molecule has 1 heterocycles. The molecule has 1 atom stereocenters. The normalized spacial score (nSPS) is 19.4. The van der Waals surface area contributed by atoms with Crippen molar-refractivity contribution in [3.05, 3.63) is 65.7 Å². The lowest BCUT2D eigenvalue weighted by atomic mass is 9.90. The predicted molar refractivity (Wildman–Crippen MR) is 93.2 cm³/mol. The molecule has 0 radical (unpaired) electrons. The third-order valence-corrected chi connectivity index (χ3v) is 6.36. The molecule has 3 rings (SSSR count). The fourth-order valence-corrected chi connectivity index (χ4v) is 4.44. The quantitative estimate of drug-likeness (QED) is 0.858. The summed E-state index contributed by atoms with van der Waals surface area (Å²) in [6.45, 7) is 2.27. The molecule has 0 spiro atoms. The van der Waals surface area contributed by atoms with Crippen LogP contribution < -0.4 is 0 Å². The first-order valence-electron chi connectivity index (χ1n) is 8.10. The molecule has 1 unspecified atom stereocenters. The smallest absolute Gasteiger partial charge is 0.243 e. The number of sulfonamides is 1. The van der Waals surface area contributed by atoms with Gasteiger partial charge in [-0.05, 0) is 37.5 Å². The summed E-state index contributed by atoms with van der Waals surface area (Å²) in [5.41, 5.74) is 2.12. The number of hydrogen-bond acceptors (Lipinski definition) is 3. The second-order valence-electron chi connectivity index (χ2n) is 6.29. The SMILES string of the molecule is Cc1ccc(S(=O)(=O)N2CCC(Cc3ccccc3)C(=O)C2)cc1. The fraction of sp³-hybridized carbons (Fsp3) is 0.316. The van der Waals surface area contributed by atoms with Crippen LogP contribution in [0.3, 0.4) is 0 Å². The summed E-state index contributed by atoms with van der Waals surface area (Å²) >= 11 is 0. The molecule has 0 N–H and O–H groups in total. The van der Waals surface area contributed by atoms with Crippen LogP contribution in [0.5, 0.6) is 0 Å². The molecule has 1 aliphatic heterocycles. The summed E-state index contributed by atoms with van der Waals surface area (Å²) in [5.74, 6) is -0.0994. The maximum atomic E-state index is 12.7. The van der Waals surface area contributed by atoms with Gasteiger partial charge in [0.25, 0.3) is 0 Å². The van der Waals surface area contributed by atoms with Crippen LogP contribution in [0.15, 0.2) is 59.5 Å². The highest BCUT2D eigenvalue weighted by molar-refractivity contribution is 7.89. The van der Waals surface area contributed by atoms with Crippen molar-refractivity contribution >= 4 is 15.8 Å². The number of rotatable bonds is 4. The Morgan fingerprint density at radius 1 is 1.04 bits per heavy atom. The Balaban J connectivity index is 1.71. The molecule has 126 valence electrons. The van der Waals surface area contributed by atoms with E-state index in [-0.39, 0.29) is 23.1 Å². The van der Waals surface area contributed by atoms with E-state index in [0.29, 0.717) is 19.4 Å². The second-order valence-corrected chi connectivity index (χ2v) is 8.23. The van der Waals surface area contributed by atoms with E-state index in [1.165, 1.54) is 4.31 Å². The average Bonchev–Trinajstić information content (AvgIpc) is 2.58. The van der Waals surface area contributed by atoms with E-state index in [1.54, 1.807) is 24.3 Å². The molecule has 5 heteroatoms. The number of hydrogen-bond donors (Lipinski definition) is 0. The Morgan fingerprint density at radius 2 is 1.71 bits per heavy atom. The lowest BCUT2D eigenvalue weighted by Crippen LogP contribution is -2.44. The van der Waals surface area contributed by atoms with E-state index < -0.39 is 10.0 Å². The van der Waals surface area contributed by atoms with Gasteiger partial charge in [-0.2, -0.15) is 4.31 Å². The molecular formula is C19H21NO3S. The van der Waals surface area contributed by atoms with Gasteiger partial charge in [0.15, 0.2) is 5.78 Å². The van der Waals surface area contributed by atoms with Crippen molar-refractivity contribution in [2.24, 2.45) is 5.92 Å². The summed E-state index contributed by atoms with van der Waals surface area (Å²) < 4.78 is 26.7. The number of Topliss-reactive ketones (excluding diaryl/α,β-unsaturated/α-hetero) is 1. The number of benzene rings is 2. The number of carbonyl (C=O) groups excluding carboxylic acids is 1. The molecule has 0 aromatic heterocycles. The molecule has 2 aromatic carbocycles. The fourth-order valence-electron chi connectivity index (χ4n) is 3.02. The van der Waals surface area contributed by atoms with Gasteiger partial charge in [0.2, 0.25) is 10.0 Å². The Hall–Kier alpha value is -1.98. The summed E-state index contributed by atoms with van der Waals surface area (Å²) in [6, 6.07) is 16.6. The van der Waals surface area contributed by atoms with Crippen molar-refractivity contribution < 1.29 is 13.2 Å². The molecule has 0 aliphatic carbocycles. The summed E-state index contributed by atoms with van der Waals surface area (Å²) in [5, 5.41) is 0. The number of nitrogens with zero attached hydrogens (tertiary/aromatic N) is 1. The van der Waals surface area contributed by atoms with Gasteiger partial charge in [-0.15, -0.1) is 0 Å². The summed E-state index contributed by atoms with van der Waals surface area (Å²) in [6.07, 6.45) is 1.25. The van der Waals surface area contributed by atoms with Crippen LogP contribution in [-0.4, -0.2) is 31.6 Å². The van der Waals surface area contributed by atoms with Crippen LogP contribution in [0, 0.1) is 12.8 Å². The van der Waals surface area contributed by atoms with Crippen molar-refractivity contribution in [3.63, 3.8) is 0 Å². The topological polar surface area (TPSA) is 54.5 Å². The van der Waals surface area contributed by atoms with Gasteiger partial charge in [0.1, 0.15) is 0 Å². The van der Waals surface area contributed by atoms with E-state index in [1.807, 2.05) is 37.3 Å². The van der Waals surface area contributed by atoms with Crippen LogP contribution in [0.25, 0.3) is 0 Å². The van der Waals surface area contributed by atoms with Crippen LogP contribution in [0.4, 0.5) is 0 Å². The van der Waals surface area contributed by atoms with Crippen molar-refractivity contribution in [1.29, 1.82) is 0 Å². The third kappa shape index (κ3) is 3.57. The maximum absolute atomic E-state index is 12.7. The number of aryl methyl sites for hydroxylation is 1. The summed E-state index contributed by atoms with van der Waals surface area (Å²) in [4.78, 5) is 12.7. The van der Waals surface area contributed by atoms with Crippen molar-refractivity contribution in [2.75, 3.05) is 13.1 Å². The lowest BCUT2D eigenvalue weighted by molar-refractivity contribution is -0.125. The Labute approximate surface area is 143 Å². The molecule has 0 bridgehead atoms. The molecule has 1 saturated heterocycles. The zero-order chi connectivity index (χ0) is 17.2. The van der Waals surface area contributed by atoms with Crippen LogP contribution in [-0.2, 0) is 21.2 Å².